The minimum absolute atomic E-state index is 0.302. The maximum Gasteiger partial charge on any atom is 0.324 e. The molecule has 1 aliphatic heterocycles. The van der Waals surface area contributed by atoms with E-state index in [1.807, 2.05) is 30.3 Å². The molecule has 2 amide bonds. The maximum absolute atomic E-state index is 12.3. The smallest absolute Gasteiger partial charge is 0.324 e. The Balaban J connectivity index is 1.64. The van der Waals surface area contributed by atoms with Crippen LogP contribution >= 0.6 is 0 Å². The predicted molar refractivity (Wildman–Crippen MR) is 100 cm³/mol. The predicted octanol–water partition coefficient (Wildman–Crippen LogP) is 2.43. The summed E-state index contributed by atoms with van der Waals surface area (Å²) in [5, 5.41) is 5.68. The maximum atomic E-state index is 12.3. The van der Waals surface area contributed by atoms with Crippen molar-refractivity contribution in [2.45, 2.75) is 13.3 Å². The van der Waals surface area contributed by atoms with Crippen LogP contribution in [0, 0.1) is 0 Å². The first-order chi connectivity index (χ1) is 12.2. The molecule has 2 aromatic rings. The van der Waals surface area contributed by atoms with Crippen LogP contribution in [0.1, 0.15) is 12.5 Å². The van der Waals surface area contributed by atoms with Crippen molar-refractivity contribution in [2.24, 2.45) is 0 Å². The number of carbonyl (C=O) groups is 1. The highest BCUT2D eigenvalue weighted by Gasteiger charge is 2.16. The third-order valence-corrected chi connectivity index (χ3v) is 4.37. The van der Waals surface area contributed by atoms with Crippen LogP contribution < -0.4 is 15.5 Å². The van der Waals surface area contributed by atoms with Crippen LogP contribution in [0.4, 0.5) is 22.1 Å². The van der Waals surface area contributed by atoms with Crippen LogP contribution in [0.25, 0.3) is 0 Å². The second-order valence-corrected chi connectivity index (χ2v) is 6.14. The fourth-order valence-electron chi connectivity index (χ4n) is 2.84. The average molecular weight is 340 g/mol. The number of piperazine rings is 1. The minimum Gasteiger partial charge on any atom is -0.354 e. The lowest BCUT2D eigenvalue weighted by atomic mass is 10.1. The lowest BCUT2D eigenvalue weighted by molar-refractivity contribution is 0.262. The summed E-state index contributed by atoms with van der Waals surface area (Å²) in [6.45, 7) is 5.90. The van der Waals surface area contributed by atoms with Crippen LogP contribution in [0.15, 0.2) is 36.7 Å². The van der Waals surface area contributed by atoms with E-state index in [2.05, 4.69) is 44.4 Å². The average Bonchev–Trinajstić information content (AvgIpc) is 2.63. The van der Waals surface area contributed by atoms with Gasteiger partial charge in [0.2, 0.25) is 0 Å². The summed E-state index contributed by atoms with van der Waals surface area (Å²) in [4.78, 5) is 25.3. The number of amides is 2. The molecule has 132 valence electrons. The summed E-state index contributed by atoms with van der Waals surface area (Å²) in [6, 6.07) is 9.29. The van der Waals surface area contributed by atoms with Crippen molar-refractivity contribution in [2.75, 3.05) is 48.8 Å². The van der Waals surface area contributed by atoms with Crippen molar-refractivity contribution in [3.8, 4) is 0 Å². The molecule has 7 nitrogen and oxygen atoms in total. The Bertz CT molecular complexity index is 727. The fourth-order valence-corrected chi connectivity index (χ4v) is 2.84. The molecule has 2 N–H and O–H groups in total. The molecule has 1 aromatic carbocycles. The minimum atomic E-state index is -0.302. The van der Waals surface area contributed by atoms with E-state index in [0.29, 0.717) is 5.82 Å². The molecule has 0 unspecified atom stereocenters. The van der Waals surface area contributed by atoms with Gasteiger partial charge in [0.05, 0.1) is 0 Å². The lowest BCUT2D eigenvalue weighted by Gasteiger charge is -2.33. The number of hydrogen-bond acceptors (Lipinski definition) is 5. The number of nitrogens with one attached hydrogen (secondary N) is 2. The van der Waals surface area contributed by atoms with Crippen LogP contribution in [0.2, 0.25) is 0 Å². The first-order valence-corrected chi connectivity index (χ1v) is 8.57. The number of anilines is 3. The summed E-state index contributed by atoms with van der Waals surface area (Å²) < 4.78 is 0. The van der Waals surface area contributed by atoms with Crippen molar-refractivity contribution >= 4 is 23.4 Å². The molecule has 0 bridgehead atoms. The highest BCUT2D eigenvalue weighted by atomic mass is 16.2. The quantitative estimate of drug-likeness (QED) is 0.894. The number of rotatable bonds is 4. The molecule has 0 spiro atoms. The summed E-state index contributed by atoms with van der Waals surface area (Å²) in [5.74, 6) is 1.34. The van der Waals surface area contributed by atoms with Crippen molar-refractivity contribution < 1.29 is 4.79 Å². The van der Waals surface area contributed by atoms with Gasteiger partial charge < -0.3 is 15.1 Å². The zero-order valence-corrected chi connectivity index (χ0v) is 14.7. The third-order valence-electron chi connectivity index (χ3n) is 4.37. The van der Waals surface area contributed by atoms with E-state index in [9.17, 15) is 4.79 Å². The molecule has 2 heterocycles. The Hall–Kier alpha value is -2.67. The van der Waals surface area contributed by atoms with Gasteiger partial charge in [-0.25, -0.2) is 14.8 Å². The van der Waals surface area contributed by atoms with Gasteiger partial charge >= 0.3 is 6.03 Å². The van der Waals surface area contributed by atoms with Gasteiger partial charge in [0.1, 0.15) is 18.0 Å². The van der Waals surface area contributed by atoms with E-state index in [4.69, 9.17) is 0 Å². The number of para-hydroxylation sites is 1. The lowest BCUT2D eigenvalue weighted by Crippen LogP contribution is -2.44. The van der Waals surface area contributed by atoms with Gasteiger partial charge in [-0.05, 0) is 25.1 Å². The standard InChI is InChI=1S/C18H24N6O/c1-3-14-6-4-5-7-15(14)21-18(25)22-16-12-17(20-13-19-16)24-10-8-23(2)9-11-24/h4-7,12-13H,3,8-11H2,1-2H3,(H2,19,20,21,22,25). The number of benzene rings is 1. The molecule has 0 aliphatic carbocycles. The van der Waals surface area contributed by atoms with Crippen LogP contribution in [0.5, 0.6) is 0 Å². The second kappa shape index (κ2) is 7.94. The third kappa shape index (κ3) is 4.45. The van der Waals surface area contributed by atoms with Crippen molar-refractivity contribution in [3.63, 3.8) is 0 Å². The molecular formula is C18H24N6O. The largest absolute Gasteiger partial charge is 0.354 e. The van der Waals surface area contributed by atoms with Crippen molar-refractivity contribution in [1.29, 1.82) is 0 Å². The number of aromatic nitrogens is 2. The first-order valence-electron chi connectivity index (χ1n) is 8.57. The molecule has 1 fully saturated rings. The molecule has 1 aliphatic rings. The molecular weight excluding hydrogens is 316 g/mol. The number of carbonyl (C=O) groups excluding carboxylic acids is 1. The SMILES string of the molecule is CCc1ccccc1NC(=O)Nc1cc(N2CCN(C)CC2)ncn1. The van der Waals surface area contributed by atoms with Gasteiger partial charge in [-0.2, -0.15) is 0 Å². The Kier molecular flexibility index (Phi) is 5.45. The summed E-state index contributed by atoms with van der Waals surface area (Å²) in [5.41, 5.74) is 1.91. The van der Waals surface area contributed by atoms with Crippen molar-refractivity contribution in [3.05, 3.63) is 42.2 Å². The van der Waals surface area contributed by atoms with Gasteiger partial charge in [-0.1, -0.05) is 25.1 Å². The van der Waals surface area contributed by atoms with E-state index in [0.717, 1.165) is 49.7 Å². The van der Waals surface area contributed by atoms with Gasteiger partial charge in [0, 0.05) is 37.9 Å². The van der Waals surface area contributed by atoms with E-state index < -0.39 is 0 Å². The van der Waals surface area contributed by atoms with Crippen molar-refractivity contribution in [1.82, 2.24) is 14.9 Å². The van der Waals surface area contributed by atoms with Crippen LogP contribution in [-0.4, -0.2) is 54.1 Å². The fraction of sp³-hybridized carbons (Fsp3) is 0.389. The Labute approximate surface area is 148 Å². The van der Waals surface area contributed by atoms with Gasteiger partial charge in [0.15, 0.2) is 0 Å². The number of hydrogen-bond donors (Lipinski definition) is 2. The molecule has 1 saturated heterocycles. The monoisotopic (exact) mass is 340 g/mol. The normalized spacial score (nSPS) is 15.0. The number of urea groups is 1. The summed E-state index contributed by atoms with van der Waals surface area (Å²) in [7, 11) is 2.11. The molecule has 1 aromatic heterocycles. The summed E-state index contributed by atoms with van der Waals surface area (Å²) in [6.07, 6.45) is 2.35. The number of nitrogens with zero attached hydrogens (tertiary/aromatic N) is 4. The van der Waals surface area contributed by atoms with E-state index in [1.165, 1.54) is 6.33 Å². The first kappa shape index (κ1) is 17.2. The molecule has 3 rings (SSSR count). The van der Waals surface area contributed by atoms with E-state index in [1.54, 1.807) is 0 Å². The number of aryl methyl sites for hydroxylation is 1. The second-order valence-electron chi connectivity index (χ2n) is 6.14. The highest BCUT2D eigenvalue weighted by Crippen LogP contribution is 2.18. The van der Waals surface area contributed by atoms with Gasteiger partial charge in [-0.3, -0.25) is 5.32 Å². The summed E-state index contributed by atoms with van der Waals surface area (Å²) >= 11 is 0. The zero-order valence-electron chi connectivity index (χ0n) is 14.7. The van der Waals surface area contributed by atoms with E-state index in [-0.39, 0.29) is 6.03 Å². The molecule has 25 heavy (non-hydrogen) atoms. The Morgan fingerprint density at radius 1 is 1.12 bits per heavy atom. The Morgan fingerprint density at radius 2 is 1.88 bits per heavy atom. The van der Waals surface area contributed by atoms with Gasteiger partial charge in [-0.15, -0.1) is 0 Å². The van der Waals surface area contributed by atoms with Gasteiger partial charge in [0.25, 0.3) is 0 Å². The van der Waals surface area contributed by atoms with Crippen LogP contribution in [0.3, 0.4) is 0 Å². The molecule has 0 radical (unpaired) electrons. The molecule has 0 atom stereocenters. The van der Waals surface area contributed by atoms with Crippen LogP contribution in [-0.2, 0) is 6.42 Å². The topological polar surface area (TPSA) is 73.4 Å². The highest BCUT2D eigenvalue weighted by molar-refractivity contribution is 5.99. The molecule has 7 heteroatoms. The zero-order chi connectivity index (χ0) is 17.6. The number of likely N-dealkylation sites (N-methyl/N-ethyl adjacent to an activating group) is 1. The van der Waals surface area contributed by atoms with E-state index >= 15 is 0 Å². The molecule has 0 saturated carbocycles. The Morgan fingerprint density at radius 3 is 2.64 bits per heavy atom.